The van der Waals surface area contributed by atoms with Gasteiger partial charge >= 0.3 is 5.91 Å². The normalized spacial score (nSPS) is 17.6. The molecule has 11 heavy (non-hydrogen) atoms. The molecule has 1 aliphatic carbocycles. The predicted octanol–water partition coefficient (Wildman–Crippen LogP) is 1.57. The van der Waals surface area contributed by atoms with Crippen molar-refractivity contribution in [3.63, 3.8) is 0 Å². The van der Waals surface area contributed by atoms with Gasteiger partial charge in [-0.3, -0.25) is 0 Å². The van der Waals surface area contributed by atoms with Gasteiger partial charge in [0, 0.05) is 12.8 Å². The third kappa shape index (κ3) is 3.12. The summed E-state index contributed by atoms with van der Waals surface area (Å²) in [5.74, 6) is -0.344. The van der Waals surface area contributed by atoms with Gasteiger partial charge in [0.15, 0.2) is 0 Å². The zero-order valence-electron chi connectivity index (χ0n) is 6.68. The second-order valence-electron chi connectivity index (χ2n) is 2.95. The van der Waals surface area contributed by atoms with Crippen LogP contribution in [0.25, 0.3) is 0 Å². The zero-order valence-corrected chi connectivity index (χ0v) is 6.68. The topological polar surface area (TPSA) is 43.1 Å². The van der Waals surface area contributed by atoms with E-state index in [0.29, 0.717) is 0 Å². The minimum atomic E-state index is -0.344. The van der Waals surface area contributed by atoms with Crippen LogP contribution in [0.4, 0.5) is 0 Å². The van der Waals surface area contributed by atoms with E-state index in [0.717, 1.165) is 12.8 Å². The van der Waals surface area contributed by atoms with E-state index in [-0.39, 0.29) is 5.91 Å². The lowest BCUT2D eigenvalue weighted by molar-refractivity contribution is -0.114. The highest BCUT2D eigenvalue weighted by molar-refractivity contribution is 5.85. The van der Waals surface area contributed by atoms with Crippen LogP contribution >= 0.6 is 0 Å². The lowest BCUT2D eigenvalue weighted by atomic mass is 9.94. The van der Waals surface area contributed by atoms with E-state index in [1.165, 1.54) is 31.3 Å². The van der Waals surface area contributed by atoms with E-state index in [1.54, 1.807) is 0 Å². The molecule has 1 fully saturated rings. The molecule has 0 bridgehead atoms. The Kier molecular flexibility index (Phi) is 3.02. The average molecular weight is 152 g/mol. The zero-order chi connectivity index (χ0) is 8.10. The molecule has 0 spiro atoms. The maximum Gasteiger partial charge on any atom is 0.324 e. The Labute approximate surface area is 67.5 Å². The van der Waals surface area contributed by atoms with Gasteiger partial charge in [-0.25, -0.2) is 4.79 Å². The molecule has 1 aliphatic rings. The summed E-state index contributed by atoms with van der Waals surface area (Å²) >= 11 is 0. The van der Waals surface area contributed by atoms with Gasteiger partial charge in [0.05, 0.1) is 5.57 Å². The lowest BCUT2D eigenvalue weighted by Crippen LogP contribution is -2.09. The molecule has 0 aromatic rings. The SMILES string of the molecule is NC(=O)[CH+]C=C1CCCCC1. The summed E-state index contributed by atoms with van der Waals surface area (Å²) in [5.41, 5.74) is 6.34. The van der Waals surface area contributed by atoms with Crippen molar-refractivity contribution in [1.82, 2.24) is 0 Å². The van der Waals surface area contributed by atoms with Gasteiger partial charge in [0.2, 0.25) is 0 Å². The van der Waals surface area contributed by atoms with E-state index < -0.39 is 0 Å². The summed E-state index contributed by atoms with van der Waals surface area (Å²) in [6.07, 6.45) is 9.47. The van der Waals surface area contributed by atoms with Crippen molar-refractivity contribution in [1.29, 1.82) is 0 Å². The molecule has 60 valence electrons. The number of rotatable bonds is 2. The van der Waals surface area contributed by atoms with Gasteiger partial charge < -0.3 is 5.73 Å². The maximum atomic E-state index is 10.4. The Morgan fingerprint density at radius 1 is 1.36 bits per heavy atom. The molecule has 0 unspecified atom stereocenters. The van der Waals surface area contributed by atoms with Crippen LogP contribution in [-0.2, 0) is 4.79 Å². The Balaban J connectivity index is 2.32. The summed E-state index contributed by atoms with van der Waals surface area (Å²) in [6.45, 7) is 0. The molecule has 2 nitrogen and oxygen atoms in total. The van der Waals surface area contributed by atoms with Crippen LogP contribution in [0.1, 0.15) is 32.1 Å². The fourth-order valence-corrected chi connectivity index (χ4v) is 1.37. The highest BCUT2D eigenvalue weighted by atomic mass is 16.1. The van der Waals surface area contributed by atoms with Gasteiger partial charge in [0.25, 0.3) is 0 Å². The fourth-order valence-electron chi connectivity index (χ4n) is 1.37. The first-order valence-electron chi connectivity index (χ1n) is 4.11. The number of carbonyl (C=O) groups excluding carboxylic acids is 1. The predicted molar refractivity (Wildman–Crippen MR) is 44.7 cm³/mol. The van der Waals surface area contributed by atoms with E-state index in [1.807, 2.05) is 6.08 Å². The minimum absolute atomic E-state index is 0.344. The smallest absolute Gasteiger partial charge is 0.324 e. The summed E-state index contributed by atoms with van der Waals surface area (Å²) in [7, 11) is 0. The standard InChI is InChI=1S/C9H13NO/c10-9(11)7-6-8-4-2-1-3-5-8/h6-7H,1-5H2,(H-,10,11)/p+1. The van der Waals surface area contributed by atoms with Crippen LogP contribution < -0.4 is 5.73 Å². The van der Waals surface area contributed by atoms with Gasteiger partial charge in [0.1, 0.15) is 12.5 Å². The largest absolute Gasteiger partial charge is 0.349 e. The first kappa shape index (κ1) is 8.18. The van der Waals surface area contributed by atoms with Crippen LogP contribution in [0.3, 0.4) is 0 Å². The van der Waals surface area contributed by atoms with Crippen LogP contribution in [0.2, 0.25) is 0 Å². The third-order valence-electron chi connectivity index (χ3n) is 1.98. The van der Waals surface area contributed by atoms with E-state index >= 15 is 0 Å². The van der Waals surface area contributed by atoms with Crippen molar-refractivity contribution in [2.45, 2.75) is 32.1 Å². The first-order chi connectivity index (χ1) is 5.29. The molecule has 0 heterocycles. The van der Waals surface area contributed by atoms with E-state index in [9.17, 15) is 4.79 Å². The molecular weight excluding hydrogens is 138 g/mol. The molecule has 2 N–H and O–H groups in total. The molecule has 1 amide bonds. The van der Waals surface area contributed by atoms with Gasteiger partial charge in [-0.15, -0.1) is 0 Å². The van der Waals surface area contributed by atoms with Crippen molar-refractivity contribution in [3.05, 3.63) is 18.1 Å². The lowest BCUT2D eigenvalue weighted by Gasteiger charge is -2.06. The Bertz CT molecular complexity index is 164. The fraction of sp³-hybridized carbons (Fsp3) is 0.556. The van der Waals surface area contributed by atoms with Crippen molar-refractivity contribution in [3.8, 4) is 0 Å². The van der Waals surface area contributed by atoms with Crippen molar-refractivity contribution >= 4 is 5.91 Å². The second-order valence-corrected chi connectivity index (χ2v) is 2.95. The summed E-state index contributed by atoms with van der Waals surface area (Å²) in [4.78, 5) is 10.4. The number of hydrogen-bond donors (Lipinski definition) is 1. The highest BCUT2D eigenvalue weighted by Gasteiger charge is 2.11. The summed E-state index contributed by atoms with van der Waals surface area (Å²) in [5, 5.41) is 0. The Hall–Kier alpha value is -0.920. The molecule has 2 heteroatoms. The Morgan fingerprint density at radius 2 is 2.00 bits per heavy atom. The monoisotopic (exact) mass is 152 g/mol. The van der Waals surface area contributed by atoms with Gasteiger partial charge in [-0.2, -0.15) is 0 Å². The quantitative estimate of drug-likeness (QED) is 0.599. The van der Waals surface area contributed by atoms with Gasteiger partial charge in [-0.05, 0) is 19.3 Å². The maximum absolute atomic E-state index is 10.4. The van der Waals surface area contributed by atoms with Crippen molar-refractivity contribution < 1.29 is 4.79 Å². The molecular formula is C9H14NO+. The minimum Gasteiger partial charge on any atom is -0.349 e. The first-order valence-corrected chi connectivity index (χ1v) is 4.11. The Morgan fingerprint density at radius 3 is 2.55 bits per heavy atom. The number of hydrogen-bond acceptors (Lipinski definition) is 1. The van der Waals surface area contributed by atoms with Crippen LogP contribution in [0.15, 0.2) is 11.6 Å². The molecule has 1 rings (SSSR count). The molecule has 0 radical (unpaired) electrons. The molecule has 0 aliphatic heterocycles. The number of carbonyl (C=O) groups is 1. The van der Waals surface area contributed by atoms with E-state index in [4.69, 9.17) is 5.73 Å². The summed E-state index contributed by atoms with van der Waals surface area (Å²) in [6, 6.07) is 0. The van der Waals surface area contributed by atoms with Gasteiger partial charge in [-0.1, -0.05) is 0 Å². The van der Waals surface area contributed by atoms with E-state index in [2.05, 4.69) is 0 Å². The molecule has 1 saturated carbocycles. The van der Waals surface area contributed by atoms with Crippen LogP contribution in [0, 0.1) is 6.42 Å². The number of nitrogens with two attached hydrogens (primary N) is 1. The molecule has 0 aromatic heterocycles. The second kappa shape index (κ2) is 4.06. The van der Waals surface area contributed by atoms with Crippen LogP contribution in [0.5, 0.6) is 0 Å². The van der Waals surface area contributed by atoms with Crippen LogP contribution in [-0.4, -0.2) is 5.91 Å². The number of primary amides is 1. The number of allylic oxidation sites excluding steroid dienone is 1. The summed E-state index contributed by atoms with van der Waals surface area (Å²) < 4.78 is 0. The molecule has 0 aromatic carbocycles. The molecule has 0 atom stereocenters. The number of amides is 1. The van der Waals surface area contributed by atoms with Crippen molar-refractivity contribution in [2.24, 2.45) is 5.73 Å². The van der Waals surface area contributed by atoms with Crippen molar-refractivity contribution in [2.75, 3.05) is 0 Å². The molecule has 0 saturated heterocycles. The third-order valence-corrected chi connectivity index (χ3v) is 1.98. The highest BCUT2D eigenvalue weighted by Crippen LogP contribution is 2.22. The average Bonchev–Trinajstić information content (AvgIpc) is 2.03.